The lowest BCUT2D eigenvalue weighted by Crippen LogP contribution is -2.23. The Morgan fingerprint density at radius 2 is 2.14 bits per heavy atom. The summed E-state index contributed by atoms with van der Waals surface area (Å²) < 4.78 is 0. The summed E-state index contributed by atoms with van der Waals surface area (Å²) in [6.07, 6.45) is 2.52. The minimum absolute atomic E-state index is 0.478. The SMILES string of the molecule is Cc1ccccc1CC1(C)CCNC1. The molecule has 1 saturated heterocycles. The van der Waals surface area contributed by atoms with E-state index < -0.39 is 0 Å². The first-order chi connectivity index (χ1) is 6.70. The molecule has 2 rings (SSSR count). The van der Waals surface area contributed by atoms with Crippen LogP contribution in [0.15, 0.2) is 24.3 Å². The Balaban J connectivity index is 2.14. The Hall–Kier alpha value is -0.820. The first kappa shape index (κ1) is 9.72. The van der Waals surface area contributed by atoms with Crippen LogP contribution in [0.5, 0.6) is 0 Å². The molecule has 1 aromatic rings. The molecule has 1 aliphatic rings. The van der Waals surface area contributed by atoms with Crippen molar-refractivity contribution in [1.82, 2.24) is 5.32 Å². The molecule has 0 amide bonds. The third-order valence-electron chi connectivity index (χ3n) is 3.34. The summed E-state index contributed by atoms with van der Waals surface area (Å²) in [5.41, 5.74) is 3.42. The van der Waals surface area contributed by atoms with Gasteiger partial charge in [-0.25, -0.2) is 0 Å². The van der Waals surface area contributed by atoms with Crippen LogP contribution < -0.4 is 5.32 Å². The van der Waals surface area contributed by atoms with E-state index >= 15 is 0 Å². The maximum absolute atomic E-state index is 3.45. The topological polar surface area (TPSA) is 12.0 Å². The van der Waals surface area contributed by atoms with E-state index in [1.165, 1.54) is 37.1 Å². The number of hydrogen-bond acceptors (Lipinski definition) is 1. The Bertz CT molecular complexity index is 311. The first-order valence-electron chi connectivity index (χ1n) is 5.45. The van der Waals surface area contributed by atoms with Crippen molar-refractivity contribution in [1.29, 1.82) is 0 Å². The number of nitrogens with one attached hydrogen (secondary N) is 1. The summed E-state index contributed by atoms with van der Waals surface area (Å²) in [5.74, 6) is 0. The van der Waals surface area contributed by atoms with E-state index in [1.807, 2.05) is 0 Å². The van der Waals surface area contributed by atoms with Gasteiger partial charge in [0.15, 0.2) is 0 Å². The predicted molar refractivity (Wildman–Crippen MR) is 60.5 cm³/mol. The molecule has 0 saturated carbocycles. The molecule has 1 N–H and O–H groups in total. The van der Waals surface area contributed by atoms with Crippen LogP contribution in [0.25, 0.3) is 0 Å². The van der Waals surface area contributed by atoms with E-state index in [2.05, 4.69) is 43.4 Å². The lowest BCUT2D eigenvalue weighted by atomic mass is 9.82. The average Bonchev–Trinajstić information content (AvgIpc) is 2.57. The lowest BCUT2D eigenvalue weighted by molar-refractivity contribution is 0.362. The quantitative estimate of drug-likeness (QED) is 0.754. The summed E-state index contributed by atoms with van der Waals surface area (Å²) >= 11 is 0. The van der Waals surface area contributed by atoms with E-state index in [1.54, 1.807) is 0 Å². The summed E-state index contributed by atoms with van der Waals surface area (Å²) in [5, 5.41) is 3.45. The molecule has 0 radical (unpaired) electrons. The minimum Gasteiger partial charge on any atom is -0.316 e. The van der Waals surface area contributed by atoms with Crippen LogP contribution in [0.2, 0.25) is 0 Å². The van der Waals surface area contributed by atoms with E-state index in [0.29, 0.717) is 5.41 Å². The van der Waals surface area contributed by atoms with Crippen molar-refractivity contribution >= 4 is 0 Å². The van der Waals surface area contributed by atoms with Crippen molar-refractivity contribution < 1.29 is 0 Å². The van der Waals surface area contributed by atoms with Gasteiger partial charge in [0.1, 0.15) is 0 Å². The zero-order valence-electron chi connectivity index (χ0n) is 9.14. The molecular formula is C13H19N. The molecule has 0 aromatic heterocycles. The molecule has 76 valence electrons. The molecule has 1 unspecified atom stereocenters. The first-order valence-corrected chi connectivity index (χ1v) is 5.45. The molecular weight excluding hydrogens is 170 g/mol. The molecule has 0 bridgehead atoms. The Morgan fingerprint density at radius 3 is 2.79 bits per heavy atom. The van der Waals surface area contributed by atoms with Gasteiger partial charge in [0.2, 0.25) is 0 Å². The van der Waals surface area contributed by atoms with Gasteiger partial charge in [-0.3, -0.25) is 0 Å². The van der Waals surface area contributed by atoms with E-state index in [-0.39, 0.29) is 0 Å². The zero-order chi connectivity index (χ0) is 10.0. The van der Waals surface area contributed by atoms with Crippen LogP contribution >= 0.6 is 0 Å². The predicted octanol–water partition coefficient (Wildman–Crippen LogP) is 2.54. The number of hydrogen-bond donors (Lipinski definition) is 1. The monoisotopic (exact) mass is 189 g/mol. The van der Waals surface area contributed by atoms with Crippen molar-refractivity contribution in [2.45, 2.75) is 26.7 Å². The molecule has 1 heterocycles. The Morgan fingerprint density at radius 1 is 1.36 bits per heavy atom. The second-order valence-electron chi connectivity index (χ2n) is 4.84. The summed E-state index contributed by atoms with van der Waals surface area (Å²) in [4.78, 5) is 0. The highest BCUT2D eigenvalue weighted by Crippen LogP contribution is 2.29. The van der Waals surface area contributed by atoms with Gasteiger partial charge < -0.3 is 5.32 Å². The highest BCUT2D eigenvalue weighted by molar-refractivity contribution is 5.26. The molecule has 1 nitrogen and oxygen atoms in total. The fourth-order valence-electron chi connectivity index (χ4n) is 2.29. The van der Waals surface area contributed by atoms with Crippen molar-refractivity contribution in [2.75, 3.05) is 13.1 Å². The lowest BCUT2D eigenvalue weighted by Gasteiger charge is -2.23. The molecule has 14 heavy (non-hydrogen) atoms. The van der Waals surface area contributed by atoms with E-state index in [9.17, 15) is 0 Å². The second-order valence-corrected chi connectivity index (χ2v) is 4.84. The van der Waals surface area contributed by atoms with Gasteiger partial charge in [-0.15, -0.1) is 0 Å². The number of aryl methyl sites for hydroxylation is 1. The maximum Gasteiger partial charge on any atom is 0.000883 e. The Labute approximate surface area is 86.5 Å². The van der Waals surface area contributed by atoms with Crippen LogP contribution in [-0.4, -0.2) is 13.1 Å². The minimum atomic E-state index is 0.478. The standard InChI is InChI=1S/C13H19N/c1-11-5-3-4-6-12(11)9-13(2)7-8-14-10-13/h3-6,14H,7-10H2,1-2H3. The highest BCUT2D eigenvalue weighted by atomic mass is 14.9. The van der Waals surface area contributed by atoms with Crippen molar-refractivity contribution in [3.05, 3.63) is 35.4 Å². The maximum atomic E-state index is 3.45. The largest absolute Gasteiger partial charge is 0.316 e. The Kier molecular flexibility index (Phi) is 2.60. The fourth-order valence-corrected chi connectivity index (χ4v) is 2.29. The summed E-state index contributed by atoms with van der Waals surface area (Å²) in [7, 11) is 0. The fraction of sp³-hybridized carbons (Fsp3) is 0.538. The van der Waals surface area contributed by atoms with Crippen LogP contribution in [-0.2, 0) is 6.42 Å². The van der Waals surface area contributed by atoms with Gasteiger partial charge >= 0.3 is 0 Å². The van der Waals surface area contributed by atoms with Crippen molar-refractivity contribution in [3.63, 3.8) is 0 Å². The zero-order valence-corrected chi connectivity index (χ0v) is 9.14. The second kappa shape index (κ2) is 3.74. The number of benzene rings is 1. The van der Waals surface area contributed by atoms with Crippen LogP contribution in [0.3, 0.4) is 0 Å². The summed E-state index contributed by atoms with van der Waals surface area (Å²) in [6, 6.07) is 8.74. The van der Waals surface area contributed by atoms with Gasteiger partial charge in [0, 0.05) is 6.54 Å². The smallest absolute Gasteiger partial charge is 0.000883 e. The summed E-state index contributed by atoms with van der Waals surface area (Å²) in [6.45, 7) is 6.95. The molecule has 1 atom stereocenters. The molecule has 0 aliphatic carbocycles. The molecule has 1 aliphatic heterocycles. The van der Waals surface area contributed by atoms with Gasteiger partial charge in [-0.2, -0.15) is 0 Å². The van der Waals surface area contributed by atoms with Gasteiger partial charge in [-0.05, 0) is 42.9 Å². The molecule has 0 spiro atoms. The van der Waals surface area contributed by atoms with Gasteiger partial charge in [-0.1, -0.05) is 31.2 Å². The molecule has 1 fully saturated rings. The molecule has 1 aromatic carbocycles. The third kappa shape index (κ3) is 1.98. The number of rotatable bonds is 2. The van der Waals surface area contributed by atoms with Crippen molar-refractivity contribution in [2.24, 2.45) is 5.41 Å². The third-order valence-corrected chi connectivity index (χ3v) is 3.34. The highest BCUT2D eigenvalue weighted by Gasteiger charge is 2.28. The van der Waals surface area contributed by atoms with Gasteiger partial charge in [0.25, 0.3) is 0 Å². The van der Waals surface area contributed by atoms with Crippen LogP contribution in [0, 0.1) is 12.3 Å². The van der Waals surface area contributed by atoms with Crippen LogP contribution in [0.4, 0.5) is 0 Å². The normalized spacial score (nSPS) is 26.7. The molecule has 1 heteroatoms. The van der Waals surface area contributed by atoms with Crippen molar-refractivity contribution in [3.8, 4) is 0 Å². The van der Waals surface area contributed by atoms with Crippen LogP contribution in [0.1, 0.15) is 24.5 Å². The van der Waals surface area contributed by atoms with E-state index in [4.69, 9.17) is 0 Å². The average molecular weight is 189 g/mol. The van der Waals surface area contributed by atoms with Gasteiger partial charge in [0.05, 0.1) is 0 Å². The van der Waals surface area contributed by atoms with E-state index in [0.717, 1.165) is 0 Å².